The summed E-state index contributed by atoms with van der Waals surface area (Å²) in [6.45, 7) is 8.87. The molecule has 6 nitrogen and oxygen atoms in total. The van der Waals surface area contributed by atoms with Crippen LogP contribution in [0.2, 0.25) is 0 Å². The van der Waals surface area contributed by atoms with Crippen molar-refractivity contribution < 1.29 is 28.9 Å². The van der Waals surface area contributed by atoms with Crippen molar-refractivity contribution in [1.29, 1.82) is 0 Å². The number of carbonyl (C=O) groups excluding carboxylic acids is 1. The van der Waals surface area contributed by atoms with Gasteiger partial charge in [-0.05, 0) is 19.8 Å². The first-order valence-electron chi connectivity index (χ1n) is 7.11. The molecule has 0 saturated carbocycles. The van der Waals surface area contributed by atoms with Gasteiger partial charge in [0.15, 0.2) is 5.79 Å². The van der Waals surface area contributed by atoms with Crippen molar-refractivity contribution in [3.05, 3.63) is 5.92 Å². The number of carbonyl (C=O) groups is 2. The van der Waals surface area contributed by atoms with Crippen LogP contribution in [0.3, 0.4) is 0 Å². The average molecular weight is 301 g/mol. The van der Waals surface area contributed by atoms with Crippen molar-refractivity contribution in [1.82, 2.24) is 0 Å². The van der Waals surface area contributed by atoms with E-state index in [4.69, 9.17) is 19.3 Å². The second-order valence-electron chi connectivity index (χ2n) is 6.12. The highest BCUT2D eigenvalue weighted by Gasteiger charge is 2.41. The maximum absolute atomic E-state index is 11.0. The Labute approximate surface area is 125 Å². The fraction of sp³-hybridized carbons (Fsp3) is 0.800. The van der Waals surface area contributed by atoms with Crippen molar-refractivity contribution in [3.63, 3.8) is 0 Å². The lowest BCUT2D eigenvalue weighted by Crippen LogP contribution is -2.49. The van der Waals surface area contributed by atoms with E-state index in [0.717, 1.165) is 5.92 Å². The second kappa shape index (κ2) is 7.22. The summed E-state index contributed by atoms with van der Waals surface area (Å²) in [5.74, 6) is -1.23. The molecule has 2 unspecified atom stereocenters. The average Bonchev–Trinajstić information content (AvgIpc) is 2.31. The van der Waals surface area contributed by atoms with Gasteiger partial charge < -0.3 is 19.3 Å². The van der Waals surface area contributed by atoms with Crippen LogP contribution in [0.1, 0.15) is 47.5 Å². The van der Waals surface area contributed by atoms with Gasteiger partial charge in [-0.2, -0.15) is 0 Å². The number of ether oxygens (including phenoxy) is 3. The molecule has 1 N–H and O–H groups in total. The maximum atomic E-state index is 11.0. The molecule has 0 spiro atoms. The highest BCUT2D eigenvalue weighted by molar-refractivity contribution is 5.67. The minimum Gasteiger partial charge on any atom is -0.481 e. The Morgan fingerprint density at radius 2 is 1.90 bits per heavy atom. The normalized spacial score (nSPS) is 26.4. The van der Waals surface area contributed by atoms with E-state index in [1.54, 1.807) is 13.8 Å². The van der Waals surface area contributed by atoms with E-state index in [2.05, 4.69) is 0 Å². The van der Waals surface area contributed by atoms with E-state index < -0.39 is 11.8 Å². The Hall–Kier alpha value is -1.14. The highest BCUT2D eigenvalue weighted by Crippen LogP contribution is 2.35. The fourth-order valence-electron chi connectivity index (χ4n) is 2.60. The summed E-state index contributed by atoms with van der Waals surface area (Å²) >= 11 is 0. The van der Waals surface area contributed by atoms with Gasteiger partial charge in [-0.3, -0.25) is 9.59 Å². The second-order valence-corrected chi connectivity index (χ2v) is 6.12. The predicted octanol–water partition coefficient (Wildman–Crippen LogP) is 2.16. The summed E-state index contributed by atoms with van der Waals surface area (Å²) in [7, 11) is 0. The van der Waals surface area contributed by atoms with Crippen LogP contribution < -0.4 is 0 Å². The monoisotopic (exact) mass is 301 g/mol. The molecule has 0 amide bonds. The van der Waals surface area contributed by atoms with Gasteiger partial charge in [0.2, 0.25) is 0 Å². The third-order valence-electron chi connectivity index (χ3n) is 3.44. The number of aliphatic carboxylic acids is 1. The number of esters is 1. The summed E-state index contributed by atoms with van der Waals surface area (Å²) in [5.41, 5.74) is 0. The van der Waals surface area contributed by atoms with Gasteiger partial charge in [0, 0.05) is 19.3 Å². The van der Waals surface area contributed by atoms with E-state index in [0.29, 0.717) is 6.42 Å². The first-order valence-corrected chi connectivity index (χ1v) is 7.11. The van der Waals surface area contributed by atoms with Gasteiger partial charge >= 0.3 is 11.9 Å². The van der Waals surface area contributed by atoms with Crippen LogP contribution in [0, 0.1) is 11.8 Å². The fourth-order valence-corrected chi connectivity index (χ4v) is 2.60. The van der Waals surface area contributed by atoms with E-state index in [9.17, 15) is 9.59 Å². The molecule has 3 atom stereocenters. The minimum absolute atomic E-state index is 0.0172. The lowest BCUT2D eigenvalue weighted by molar-refractivity contribution is -0.311. The zero-order valence-electron chi connectivity index (χ0n) is 13.3. The number of carboxylic acid groups (broad SMARTS) is 1. The molecule has 1 rings (SSSR count). The third kappa shape index (κ3) is 6.01. The number of hydrogen-bond donors (Lipinski definition) is 1. The molecule has 1 fully saturated rings. The van der Waals surface area contributed by atoms with Crippen LogP contribution in [-0.4, -0.2) is 41.6 Å². The first kappa shape index (κ1) is 17.9. The predicted molar refractivity (Wildman–Crippen MR) is 75.4 cm³/mol. The van der Waals surface area contributed by atoms with E-state index in [1.807, 2.05) is 13.8 Å². The zero-order chi connectivity index (χ0) is 16.2. The van der Waals surface area contributed by atoms with Gasteiger partial charge in [0.25, 0.3) is 0 Å². The molecule has 1 saturated heterocycles. The summed E-state index contributed by atoms with van der Waals surface area (Å²) < 4.78 is 16.6. The van der Waals surface area contributed by atoms with Crippen molar-refractivity contribution in [2.75, 3.05) is 6.61 Å². The largest absolute Gasteiger partial charge is 0.481 e. The number of carboxylic acids is 1. The van der Waals surface area contributed by atoms with Crippen LogP contribution in [0.4, 0.5) is 0 Å². The zero-order valence-corrected chi connectivity index (χ0v) is 13.3. The van der Waals surface area contributed by atoms with Crippen LogP contribution in [0.5, 0.6) is 0 Å². The molecule has 1 radical (unpaired) electrons. The quantitative estimate of drug-likeness (QED) is 0.757. The highest BCUT2D eigenvalue weighted by atomic mass is 16.7. The minimum atomic E-state index is -0.856. The van der Waals surface area contributed by atoms with Crippen LogP contribution in [0.25, 0.3) is 0 Å². The summed E-state index contributed by atoms with van der Waals surface area (Å²) in [4.78, 5) is 22.0. The molecule has 1 aliphatic rings. The van der Waals surface area contributed by atoms with E-state index in [1.165, 1.54) is 6.92 Å². The van der Waals surface area contributed by atoms with Crippen molar-refractivity contribution >= 4 is 11.9 Å². The Balaban J connectivity index is 2.78. The number of hydrogen-bond acceptors (Lipinski definition) is 5. The molecule has 6 heteroatoms. The molecular weight excluding hydrogens is 276 g/mol. The Morgan fingerprint density at radius 3 is 2.38 bits per heavy atom. The first-order chi connectivity index (χ1) is 9.60. The van der Waals surface area contributed by atoms with Crippen molar-refractivity contribution in [3.8, 4) is 0 Å². The molecule has 0 aromatic rings. The van der Waals surface area contributed by atoms with Crippen molar-refractivity contribution in [2.45, 2.75) is 65.5 Å². The van der Waals surface area contributed by atoms with Crippen LogP contribution in [-0.2, 0) is 23.8 Å². The lowest BCUT2D eigenvalue weighted by atomic mass is 9.84. The van der Waals surface area contributed by atoms with Gasteiger partial charge in [-0.15, -0.1) is 0 Å². The van der Waals surface area contributed by atoms with Crippen molar-refractivity contribution in [2.24, 2.45) is 5.92 Å². The molecule has 121 valence electrons. The molecule has 0 aromatic heterocycles. The standard InChI is InChI=1S/C15H25O6/c1-9(2)12(7-14(17)18)13-6-11(8-19-10(3)16)20-15(4,5)21-13/h11-13H,6-8H2,1-5H3,(H,17,18)/t11?,12?,13-/m1/s1. The smallest absolute Gasteiger partial charge is 0.303 e. The molecule has 0 aromatic carbocycles. The Kier molecular flexibility index (Phi) is 6.16. The Bertz CT molecular complexity index is 376. The van der Waals surface area contributed by atoms with Gasteiger partial charge in [0.1, 0.15) is 6.61 Å². The SMILES string of the molecule is C[C](C)C(CC(=O)O)[C@H]1CC(COC(C)=O)OC(C)(C)O1. The molecule has 0 bridgehead atoms. The summed E-state index contributed by atoms with van der Waals surface area (Å²) in [5, 5.41) is 9.07. The Morgan fingerprint density at radius 1 is 1.29 bits per heavy atom. The molecule has 0 aliphatic carbocycles. The van der Waals surface area contributed by atoms with Gasteiger partial charge in [-0.1, -0.05) is 13.8 Å². The molecule has 1 heterocycles. The molecule has 21 heavy (non-hydrogen) atoms. The number of rotatable bonds is 6. The summed E-state index contributed by atoms with van der Waals surface area (Å²) in [6.07, 6.45) is -0.0443. The van der Waals surface area contributed by atoms with E-state index >= 15 is 0 Å². The van der Waals surface area contributed by atoms with Gasteiger partial charge in [-0.25, -0.2) is 0 Å². The van der Waals surface area contributed by atoms with Gasteiger partial charge in [0.05, 0.1) is 18.6 Å². The van der Waals surface area contributed by atoms with Crippen LogP contribution in [0.15, 0.2) is 0 Å². The summed E-state index contributed by atoms with van der Waals surface area (Å²) in [6, 6.07) is 0. The molecular formula is C15H25O6. The van der Waals surface area contributed by atoms with Crippen LogP contribution >= 0.6 is 0 Å². The molecule has 1 aliphatic heterocycles. The third-order valence-corrected chi connectivity index (χ3v) is 3.44. The van der Waals surface area contributed by atoms with E-state index in [-0.39, 0.29) is 37.1 Å². The topological polar surface area (TPSA) is 82.1 Å². The maximum Gasteiger partial charge on any atom is 0.303 e. The lowest BCUT2D eigenvalue weighted by Gasteiger charge is -2.44.